The van der Waals surface area contributed by atoms with Gasteiger partial charge in [0.15, 0.2) is 12.3 Å². The normalized spacial score (nSPS) is 10.7. The fraction of sp³-hybridized carbons (Fsp3) is 0.312. The molecule has 2 rings (SSSR count). The Balaban J connectivity index is 1.86. The maximum atomic E-state index is 12.2. The first-order valence-electron chi connectivity index (χ1n) is 7.64. The number of amides is 1. The minimum Gasteiger partial charge on any atom is -0.451 e. The van der Waals surface area contributed by atoms with Crippen LogP contribution >= 0.6 is 11.6 Å². The van der Waals surface area contributed by atoms with E-state index < -0.39 is 25.1 Å². The molecule has 2 N–H and O–H groups in total. The number of anilines is 1. The smallest absolute Gasteiger partial charge is 0.387 e. The van der Waals surface area contributed by atoms with E-state index in [1.54, 1.807) is 6.07 Å². The summed E-state index contributed by atoms with van der Waals surface area (Å²) >= 11 is 5.79. The third kappa shape index (κ3) is 5.69. The van der Waals surface area contributed by atoms with Crippen LogP contribution in [0.5, 0.6) is 5.75 Å². The molecule has 0 aliphatic heterocycles. The summed E-state index contributed by atoms with van der Waals surface area (Å²) in [5, 5.41) is 8.85. The number of hydrogen-bond donors (Lipinski definition) is 2. The van der Waals surface area contributed by atoms with Gasteiger partial charge in [0.1, 0.15) is 5.75 Å². The summed E-state index contributed by atoms with van der Waals surface area (Å²) in [7, 11) is 0. The molecular formula is C16H16ClF2N3O4. The molecule has 0 aliphatic carbocycles. The van der Waals surface area contributed by atoms with E-state index in [0.29, 0.717) is 0 Å². The minimum absolute atomic E-state index is 0.0813. The number of rotatable bonds is 8. The molecule has 0 spiro atoms. The number of esters is 1. The van der Waals surface area contributed by atoms with Crippen molar-refractivity contribution in [1.82, 2.24) is 10.2 Å². The Bertz CT molecular complexity index is 783. The molecule has 0 saturated heterocycles. The molecule has 7 nitrogen and oxygen atoms in total. The van der Waals surface area contributed by atoms with Crippen molar-refractivity contribution in [3.05, 3.63) is 40.7 Å². The molecule has 0 unspecified atom stereocenters. The van der Waals surface area contributed by atoms with Gasteiger partial charge in [0.05, 0.1) is 5.02 Å². The number of halogens is 3. The SMILES string of the molecule is CCCc1cc(C(=O)OCC(=O)Nc2ccc(OC(F)F)c(Cl)c2)n[nH]1. The highest BCUT2D eigenvalue weighted by Gasteiger charge is 2.15. The third-order valence-corrected chi connectivity index (χ3v) is 3.42. The van der Waals surface area contributed by atoms with Gasteiger partial charge in [0.25, 0.3) is 5.91 Å². The number of carbonyl (C=O) groups is 2. The Morgan fingerprint density at radius 3 is 2.77 bits per heavy atom. The van der Waals surface area contributed by atoms with Crippen molar-refractivity contribution in [1.29, 1.82) is 0 Å². The number of alkyl halides is 2. The molecule has 26 heavy (non-hydrogen) atoms. The van der Waals surface area contributed by atoms with Crippen LogP contribution in [0.4, 0.5) is 14.5 Å². The monoisotopic (exact) mass is 387 g/mol. The van der Waals surface area contributed by atoms with E-state index in [-0.39, 0.29) is 22.2 Å². The van der Waals surface area contributed by atoms with Crippen molar-refractivity contribution in [3.63, 3.8) is 0 Å². The summed E-state index contributed by atoms with van der Waals surface area (Å²) in [6.07, 6.45) is 1.63. The fourth-order valence-electron chi connectivity index (χ4n) is 2.04. The van der Waals surface area contributed by atoms with E-state index in [1.807, 2.05) is 6.92 Å². The van der Waals surface area contributed by atoms with Gasteiger partial charge in [-0.15, -0.1) is 0 Å². The van der Waals surface area contributed by atoms with Crippen LogP contribution in [-0.2, 0) is 16.0 Å². The maximum Gasteiger partial charge on any atom is 0.387 e. The van der Waals surface area contributed by atoms with E-state index in [2.05, 4.69) is 20.3 Å². The second-order valence-corrected chi connectivity index (χ2v) is 5.58. The number of ether oxygens (including phenoxy) is 2. The quantitative estimate of drug-likeness (QED) is 0.677. The molecule has 1 aromatic carbocycles. The summed E-state index contributed by atoms with van der Waals surface area (Å²) < 4.78 is 33.4. The van der Waals surface area contributed by atoms with Gasteiger partial charge < -0.3 is 14.8 Å². The predicted octanol–water partition coefficient (Wildman–Crippen LogP) is 3.41. The molecule has 0 bridgehead atoms. The highest BCUT2D eigenvalue weighted by molar-refractivity contribution is 6.32. The molecule has 1 heterocycles. The van der Waals surface area contributed by atoms with Crippen LogP contribution in [-0.4, -0.2) is 35.3 Å². The van der Waals surface area contributed by atoms with E-state index in [1.165, 1.54) is 18.2 Å². The van der Waals surface area contributed by atoms with Crippen molar-refractivity contribution in [3.8, 4) is 5.75 Å². The number of carbonyl (C=O) groups excluding carboxylic acids is 2. The average Bonchev–Trinajstić information content (AvgIpc) is 3.04. The molecule has 0 radical (unpaired) electrons. The summed E-state index contributed by atoms with van der Waals surface area (Å²) in [6.45, 7) is -1.56. The first kappa shape index (κ1) is 19.6. The van der Waals surface area contributed by atoms with Crippen molar-refractivity contribution in [2.75, 3.05) is 11.9 Å². The summed E-state index contributed by atoms with van der Waals surface area (Å²) in [4.78, 5) is 23.6. The van der Waals surface area contributed by atoms with Crippen LogP contribution in [0.3, 0.4) is 0 Å². The largest absolute Gasteiger partial charge is 0.451 e. The standard InChI is InChI=1S/C16H16ClF2N3O4/c1-2-3-10-7-12(22-21-10)15(24)25-8-14(23)20-9-4-5-13(11(17)6-9)26-16(18)19/h4-7,16H,2-3,8H2,1H3,(H,20,23)(H,21,22). The van der Waals surface area contributed by atoms with E-state index in [9.17, 15) is 18.4 Å². The Kier molecular flexibility index (Phi) is 6.90. The zero-order valence-corrected chi connectivity index (χ0v) is 14.5. The Morgan fingerprint density at radius 1 is 1.35 bits per heavy atom. The van der Waals surface area contributed by atoms with Gasteiger partial charge >= 0.3 is 12.6 Å². The minimum atomic E-state index is -3.01. The van der Waals surface area contributed by atoms with Crippen molar-refractivity contribution in [2.24, 2.45) is 0 Å². The van der Waals surface area contributed by atoms with Gasteiger partial charge in [0.2, 0.25) is 0 Å². The second kappa shape index (κ2) is 9.14. The van der Waals surface area contributed by atoms with Crippen LogP contribution in [0.15, 0.2) is 24.3 Å². The Labute approximate surface area is 152 Å². The van der Waals surface area contributed by atoms with Crippen molar-refractivity contribution in [2.45, 2.75) is 26.4 Å². The molecule has 1 aromatic heterocycles. The molecule has 140 valence electrons. The number of benzene rings is 1. The highest BCUT2D eigenvalue weighted by Crippen LogP contribution is 2.28. The first-order chi connectivity index (χ1) is 12.4. The number of aromatic amines is 1. The maximum absolute atomic E-state index is 12.2. The Morgan fingerprint density at radius 2 is 2.12 bits per heavy atom. The number of hydrogen-bond acceptors (Lipinski definition) is 5. The predicted molar refractivity (Wildman–Crippen MR) is 89.6 cm³/mol. The fourth-order valence-corrected chi connectivity index (χ4v) is 2.26. The van der Waals surface area contributed by atoms with Gasteiger partial charge in [-0.1, -0.05) is 24.9 Å². The first-order valence-corrected chi connectivity index (χ1v) is 8.02. The van der Waals surface area contributed by atoms with Crippen LogP contribution in [0, 0.1) is 0 Å². The number of aromatic nitrogens is 2. The summed E-state index contributed by atoms with van der Waals surface area (Å²) in [5.41, 5.74) is 1.12. The van der Waals surface area contributed by atoms with Gasteiger partial charge in [-0.05, 0) is 30.7 Å². The second-order valence-electron chi connectivity index (χ2n) is 5.18. The molecule has 1 amide bonds. The summed E-state index contributed by atoms with van der Waals surface area (Å²) in [5.74, 6) is -1.58. The number of H-pyrrole nitrogens is 1. The summed E-state index contributed by atoms with van der Waals surface area (Å²) in [6, 6.07) is 5.32. The zero-order valence-electron chi connectivity index (χ0n) is 13.7. The lowest BCUT2D eigenvalue weighted by Crippen LogP contribution is -2.21. The van der Waals surface area contributed by atoms with Crippen molar-refractivity contribution >= 4 is 29.2 Å². The van der Waals surface area contributed by atoms with Gasteiger partial charge in [-0.2, -0.15) is 13.9 Å². The van der Waals surface area contributed by atoms with Crippen LogP contribution < -0.4 is 10.1 Å². The molecular weight excluding hydrogens is 372 g/mol. The molecule has 0 fully saturated rings. The van der Waals surface area contributed by atoms with Crippen molar-refractivity contribution < 1.29 is 27.8 Å². The molecule has 0 aliphatic rings. The molecule has 0 atom stereocenters. The van der Waals surface area contributed by atoms with Gasteiger partial charge in [-0.3, -0.25) is 9.89 Å². The van der Waals surface area contributed by atoms with E-state index in [0.717, 1.165) is 18.5 Å². The number of nitrogens with zero attached hydrogens (tertiary/aromatic N) is 1. The number of nitrogens with one attached hydrogen (secondary N) is 2. The number of aryl methyl sites for hydroxylation is 1. The third-order valence-electron chi connectivity index (χ3n) is 3.13. The van der Waals surface area contributed by atoms with Gasteiger partial charge in [-0.25, -0.2) is 4.79 Å². The zero-order chi connectivity index (χ0) is 19.1. The lowest BCUT2D eigenvalue weighted by Gasteiger charge is -2.09. The molecule has 2 aromatic rings. The van der Waals surface area contributed by atoms with E-state index >= 15 is 0 Å². The van der Waals surface area contributed by atoms with Gasteiger partial charge in [0, 0.05) is 11.4 Å². The average molecular weight is 388 g/mol. The lowest BCUT2D eigenvalue weighted by molar-refractivity contribution is -0.119. The van der Waals surface area contributed by atoms with Crippen LogP contribution in [0.1, 0.15) is 29.5 Å². The molecule has 10 heteroatoms. The Hall–Kier alpha value is -2.68. The van der Waals surface area contributed by atoms with Crippen LogP contribution in [0.25, 0.3) is 0 Å². The van der Waals surface area contributed by atoms with Crippen LogP contribution in [0.2, 0.25) is 5.02 Å². The topological polar surface area (TPSA) is 93.3 Å². The molecule has 0 saturated carbocycles. The lowest BCUT2D eigenvalue weighted by atomic mass is 10.2. The highest BCUT2D eigenvalue weighted by atomic mass is 35.5. The van der Waals surface area contributed by atoms with E-state index in [4.69, 9.17) is 16.3 Å².